The molecule has 2 amide bonds. The van der Waals surface area contributed by atoms with Gasteiger partial charge in [0.25, 0.3) is 0 Å². The minimum absolute atomic E-state index is 0.100. The average molecular weight is 330 g/mol. The number of amides is 2. The molecule has 0 aliphatic rings. The summed E-state index contributed by atoms with van der Waals surface area (Å²) in [6.07, 6.45) is 0. The summed E-state index contributed by atoms with van der Waals surface area (Å²) < 4.78 is 0. The average Bonchev–Trinajstić information content (AvgIpc) is 2.66. The van der Waals surface area contributed by atoms with Crippen molar-refractivity contribution in [3.8, 4) is 0 Å². The molecule has 0 spiro atoms. The van der Waals surface area contributed by atoms with Crippen LogP contribution in [0.2, 0.25) is 0 Å². The molecule has 0 saturated heterocycles. The third-order valence-corrected chi connectivity index (χ3v) is 4.02. The molecule has 25 heavy (non-hydrogen) atoms. The third-order valence-electron chi connectivity index (χ3n) is 4.02. The zero-order valence-electron chi connectivity index (χ0n) is 14.4. The molecule has 0 bridgehead atoms. The molecule has 0 aliphatic heterocycles. The molecule has 3 aromatic carbocycles. The van der Waals surface area contributed by atoms with E-state index >= 15 is 0 Å². The number of hydrogen-bond donors (Lipinski definition) is 1. The predicted octanol–water partition coefficient (Wildman–Crippen LogP) is 4.91. The number of aryl methyl sites for hydroxylation is 1. The van der Waals surface area contributed by atoms with E-state index in [1.807, 2.05) is 72.8 Å². The SMILES string of the molecule is Cc1cccc(CNC(=O)N(Cc2ccccc2)c2ccccc2)c1. The molecule has 1 N–H and O–H groups in total. The Hall–Kier alpha value is -3.07. The first-order valence-electron chi connectivity index (χ1n) is 8.42. The molecule has 126 valence electrons. The normalized spacial score (nSPS) is 10.3. The van der Waals surface area contributed by atoms with Crippen LogP contribution in [0.25, 0.3) is 0 Å². The monoisotopic (exact) mass is 330 g/mol. The van der Waals surface area contributed by atoms with E-state index in [0.717, 1.165) is 16.8 Å². The van der Waals surface area contributed by atoms with E-state index in [-0.39, 0.29) is 6.03 Å². The number of benzene rings is 3. The standard InChI is InChI=1S/C22H22N2O/c1-18-9-8-12-20(15-18)16-23-22(25)24(21-13-6-3-7-14-21)17-19-10-4-2-5-11-19/h2-15H,16-17H2,1H3,(H,23,25). The number of urea groups is 1. The summed E-state index contributed by atoms with van der Waals surface area (Å²) in [7, 11) is 0. The number of anilines is 1. The molecule has 0 fully saturated rings. The van der Waals surface area contributed by atoms with E-state index in [1.54, 1.807) is 4.90 Å². The first-order chi connectivity index (χ1) is 12.2. The Morgan fingerprint density at radius 3 is 2.16 bits per heavy atom. The van der Waals surface area contributed by atoms with Crippen LogP contribution in [-0.2, 0) is 13.1 Å². The van der Waals surface area contributed by atoms with Crippen LogP contribution in [0.3, 0.4) is 0 Å². The minimum atomic E-state index is -0.100. The lowest BCUT2D eigenvalue weighted by Gasteiger charge is -2.23. The highest BCUT2D eigenvalue weighted by molar-refractivity contribution is 5.91. The molecular weight excluding hydrogens is 308 g/mol. The molecule has 0 radical (unpaired) electrons. The Morgan fingerprint density at radius 1 is 0.840 bits per heavy atom. The summed E-state index contributed by atoms with van der Waals surface area (Å²) in [5.41, 5.74) is 4.27. The van der Waals surface area contributed by atoms with Crippen molar-refractivity contribution in [2.75, 3.05) is 4.90 Å². The van der Waals surface area contributed by atoms with Crippen LogP contribution in [-0.4, -0.2) is 6.03 Å². The molecule has 0 aromatic heterocycles. The van der Waals surface area contributed by atoms with E-state index in [0.29, 0.717) is 13.1 Å². The largest absolute Gasteiger partial charge is 0.334 e. The van der Waals surface area contributed by atoms with Gasteiger partial charge in [-0.1, -0.05) is 78.4 Å². The van der Waals surface area contributed by atoms with Gasteiger partial charge in [0, 0.05) is 12.2 Å². The summed E-state index contributed by atoms with van der Waals surface area (Å²) in [6.45, 7) is 3.10. The number of para-hydroxylation sites is 1. The fourth-order valence-corrected chi connectivity index (χ4v) is 2.75. The van der Waals surface area contributed by atoms with E-state index in [1.165, 1.54) is 5.56 Å². The number of rotatable bonds is 5. The maximum absolute atomic E-state index is 12.8. The lowest BCUT2D eigenvalue weighted by atomic mass is 10.1. The van der Waals surface area contributed by atoms with Gasteiger partial charge in [-0.2, -0.15) is 0 Å². The molecule has 3 heteroatoms. The first-order valence-corrected chi connectivity index (χ1v) is 8.42. The maximum Gasteiger partial charge on any atom is 0.322 e. The molecule has 0 saturated carbocycles. The number of carbonyl (C=O) groups excluding carboxylic acids is 1. The van der Waals surface area contributed by atoms with Crippen LogP contribution in [0, 0.1) is 6.92 Å². The van der Waals surface area contributed by atoms with Crippen molar-refractivity contribution in [2.24, 2.45) is 0 Å². The van der Waals surface area contributed by atoms with Crippen LogP contribution in [0.1, 0.15) is 16.7 Å². The highest BCUT2D eigenvalue weighted by atomic mass is 16.2. The van der Waals surface area contributed by atoms with Gasteiger partial charge >= 0.3 is 6.03 Å². The second-order valence-electron chi connectivity index (χ2n) is 6.06. The highest BCUT2D eigenvalue weighted by Gasteiger charge is 2.15. The van der Waals surface area contributed by atoms with Crippen molar-refractivity contribution in [3.05, 3.63) is 102 Å². The summed E-state index contributed by atoms with van der Waals surface area (Å²) in [5, 5.41) is 3.03. The van der Waals surface area contributed by atoms with Crippen molar-refractivity contribution in [1.82, 2.24) is 5.32 Å². The van der Waals surface area contributed by atoms with Gasteiger partial charge in [-0.05, 0) is 30.2 Å². The van der Waals surface area contributed by atoms with Gasteiger partial charge in [0.05, 0.1) is 6.54 Å². The van der Waals surface area contributed by atoms with Crippen molar-refractivity contribution in [3.63, 3.8) is 0 Å². The van der Waals surface area contributed by atoms with Gasteiger partial charge < -0.3 is 5.32 Å². The van der Waals surface area contributed by atoms with Crippen LogP contribution in [0.4, 0.5) is 10.5 Å². The predicted molar refractivity (Wildman–Crippen MR) is 102 cm³/mol. The van der Waals surface area contributed by atoms with Crippen LogP contribution in [0.15, 0.2) is 84.9 Å². The summed E-state index contributed by atoms with van der Waals surface area (Å²) in [5.74, 6) is 0. The van der Waals surface area contributed by atoms with Crippen molar-refractivity contribution >= 4 is 11.7 Å². The second kappa shape index (κ2) is 8.15. The summed E-state index contributed by atoms with van der Waals surface area (Å²) >= 11 is 0. The summed E-state index contributed by atoms with van der Waals surface area (Å²) in [4.78, 5) is 14.6. The van der Waals surface area contributed by atoms with Gasteiger partial charge in [-0.3, -0.25) is 4.90 Å². The van der Waals surface area contributed by atoms with Gasteiger partial charge in [0.1, 0.15) is 0 Å². The molecule has 3 rings (SSSR count). The van der Waals surface area contributed by atoms with E-state index in [2.05, 4.69) is 24.4 Å². The fraction of sp³-hybridized carbons (Fsp3) is 0.136. The molecule has 0 atom stereocenters. The van der Waals surface area contributed by atoms with Gasteiger partial charge in [0.2, 0.25) is 0 Å². The van der Waals surface area contributed by atoms with Crippen molar-refractivity contribution in [2.45, 2.75) is 20.0 Å². The zero-order chi connectivity index (χ0) is 17.5. The molecular formula is C22H22N2O. The van der Waals surface area contributed by atoms with Crippen molar-refractivity contribution in [1.29, 1.82) is 0 Å². The van der Waals surface area contributed by atoms with Gasteiger partial charge in [-0.15, -0.1) is 0 Å². The molecule has 0 aliphatic carbocycles. The highest BCUT2D eigenvalue weighted by Crippen LogP contribution is 2.17. The van der Waals surface area contributed by atoms with Crippen LogP contribution >= 0.6 is 0 Å². The topological polar surface area (TPSA) is 32.3 Å². The Bertz CT molecular complexity index is 816. The molecule has 3 aromatic rings. The number of carbonyl (C=O) groups is 1. The Morgan fingerprint density at radius 2 is 1.48 bits per heavy atom. The zero-order valence-corrected chi connectivity index (χ0v) is 14.4. The number of nitrogens with one attached hydrogen (secondary N) is 1. The van der Waals surface area contributed by atoms with E-state index < -0.39 is 0 Å². The number of nitrogens with zero attached hydrogens (tertiary/aromatic N) is 1. The van der Waals surface area contributed by atoms with E-state index in [9.17, 15) is 4.79 Å². The van der Waals surface area contributed by atoms with Crippen LogP contribution in [0.5, 0.6) is 0 Å². The smallest absolute Gasteiger partial charge is 0.322 e. The summed E-state index contributed by atoms with van der Waals surface area (Å²) in [6, 6.07) is 27.8. The van der Waals surface area contributed by atoms with Gasteiger partial charge in [0.15, 0.2) is 0 Å². The minimum Gasteiger partial charge on any atom is -0.334 e. The quantitative estimate of drug-likeness (QED) is 0.708. The van der Waals surface area contributed by atoms with Crippen LogP contribution < -0.4 is 10.2 Å². The number of hydrogen-bond acceptors (Lipinski definition) is 1. The second-order valence-corrected chi connectivity index (χ2v) is 6.06. The first kappa shape index (κ1) is 16.8. The lowest BCUT2D eigenvalue weighted by Crippen LogP contribution is -2.39. The lowest BCUT2D eigenvalue weighted by molar-refractivity contribution is 0.245. The molecule has 0 heterocycles. The Balaban J connectivity index is 1.75. The third kappa shape index (κ3) is 4.70. The van der Waals surface area contributed by atoms with E-state index in [4.69, 9.17) is 0 Å². The Labute approximate surface area is 148 Å². The molecule has 0 unspecified atom stereocenters. The molecule has 3 nitrogen and oxygen atoms in total. The maximum atomic E-state index is 12.8. The van der Waals surface area contributed by atoms with Crippen molar-refractivity contribution < 1.29 is 4.79 Å². The Kier molecular flexibility index (Phi) is 5.47. The fourth-order valence-electron chi connectivity index (χ4n) is 2.75. The van der Waals surface area contributed by atoms with Gasteiger partial charge in [-0.25, -0.2) is 4.79 Å².